The zero-order valence-corrected chi connectivity index (χ0v) is 10.6. The number of rotatable bonds is 3. The predicted molar refractivity (Wildman–Crippen MR) is 63.0 cm³/mol. The average Bonchev–Trinajstić information content (AvgIpc) is 2.15. The minimum atomic E-state index is 0.268. The molecule has 1 aromatic rings. The summed E-state index contributed by atoms with van der Waals surface area (Å²) in [5.74, 6) is 1.40. The van der Waals surface area contributed by atoms with Crippen LogP contribution in [0.25, 0.3) is 0 Å². The highest BCUT2D eigenvalue weighted by atomic mass is 15.1. The Bertz CT molecular complexity index is 332. The minimum absolute atomic E-state index is 0.268. The van der Waals surface area contributed by atoms with E-state index in [-0.39, 0.29) is 6.04 Å². The standard InChI is InChI=1S/C12H21N3/c1-8(2)11-7-13-12(14-9(11)3)10(4)15(5)6/h7-8,10H,1-6H3/t10-/m1/s1. The third kappa shape index (κ3) is 2.75. The lowest BCUT2D eigenvalue weighted by atomic mass is 10.0. The van der Waals surface area contributed by atoms with Gasteiger partial charge in [0.2, 0.25) is 0 Å². The smallest absolute Gasteiger partial charge is 0.145 e. The van der Waals surface area contributed by atoms with Crippen molar-refractivity contribution in [3.63, 3.8) is 0 Å². The Morgan fingerprint density at radius 1 is 1.20 bits per heavy atom. The maximum absolute atomic E-state index is 4.56. The first-order chi connectivity index (χ1) is 6.93. The fraction of sp³-hybridized carbons (Fsp3) is 0.667. The molecular formula is C12H21N3. The fourth-order valence-electron chi connectivity index (χ4n) is 1.49. The molecule has 84 valence electrons. The lowest BCUT2D eigenvalue weighted by Crippen LogP contribution is -2.19. The van der Waals surface area contributed by atoms with Gasteiger partial charge in [0.05, 0.1) is 6.04 Å². The van der Waals surface area contributed by atoms with E-state index in [1.165, 1.54) is 5.56 Å². The van der Waals surface area contributed by atoms with Crippen LogP contribution in [0.3, 0.4) is 0 Å². The lowest BCUT2D eigenvalue weighted by molar-refractivity contribution is 0.308. The largest absolute Gasteiger partial charge is 0.300 e. The molecular weight excluding hydrogens is 186 g/mol. The van der Waals surface area contributed by atoms with Crippen molar-refractivity contribution in [3.8, 4) is 0 Å². The van der Waals surface area contributed by atoms with Gasteiger partial charge in [0.15, 0.2) is 0 Å². The van der Waals surface area contributed by atoms with Crippen LogP contribution in [-0.4, -0.2) is 29.0 Å². The van der Waals surface area contributed by atoms with Gasteiger partial charge in [-0.3, -0.25) is 4.90 Å². The zero-order valence-electron chi connectivity index (χ0n) is 10.6. The van der Waals surface area contributed by atoms with Crippen LogP contribution in [0.15, 0.2) is 6.20 Å². The van der Waals surface area contributed by atoms with Crippen molar-refractivity contribution in [2.45, 2.75) is 39.7 Å². The zero-order chi connectivity index (χ0) is 11.6. The molecule has 15 heavy (non-hydrogen) atoms. The molecule has 0 radical (unpaired) electrons. The summed E-state index contributed by atoms with van der Waals surface area (Å²) in [6.07, 6.45) is 1.96. The number of aromatic nitrogens is 2. The molecule has 1 aromatic heterocycles. The van der Waals surface area contributed by atoms with Gasteiger partial charge < -0.3 is 0 Å². The molecule has 1 heterocycles. The van der Waals surface area contributed by atoms with E-state index >= 15 is 0 Å². The molecule has 0 aliphatic heterocycles. The van der Waals surface area contributed by atoms with E-state index in [2.05, 4.69) is 42.6 Å². The number of hydrogen-bond donors (Lipinski definition) is 0. The highest BCUT2D eigenvalue weighted by molar-refractivity contribution is 5.20. The van der Waals surface area contributed by atoms with Gasteiger partial charge in [0, 0.05) is 11.9 Å². The minimum Gasteiger partial charge on any atom is -0.300 e. The monoisotopic (exact) mass is 207 g/mol. The first-order valence-corrected chi connectivity index (χ1v) is 5.43. The first kappa shape index (κ1) is 12.1. The molecule has 1 rings (SSSR count). The molecule has 0 aliphatic carbocycles. The molecule has 0 unspecified atom stereocenters. The van der Waals surface area contributed by atoms with Crippen LogP contribution in [0.2, 0.25) is 0 Å². The third-order valence-electron chi connectivity index (χ3n) is 2.81. The van der Waals surface area contributed by atoms with E-state index in [9.17, 15) is 0 Å². The van der Waals surface area contributed by atoms with E-state index in [0.717, 1.165) is 11.5 Å². The summed E-state index contributed by atoms with van der Waals surface area (Å²) in [6, 6.07) is 0.268. The summed E-state index contributed by atoms with van der Waals surface area (Å²) in [5, 5.41) is 0. The van der Waals surface area contributed by atoms with Gasteiger partial charge in [0.25, 0.3) is 0 Å². The van der Waals surface area contributed by atoms with Crippen LogP contribution in [-0.2, 0) is 0 Å². The second-order valence-electron chi connectivity index (χ2n) is 4.56. The Labute approximate surface area is 92.6 Å². The van der Waals surface area contributed by atoms with Gasteiger partial charge >= 0.3 is 0 Å². The summed E-state index contributed by atoms with van der Waals surface area (Å²) >= 11 is 0. The number of nitrogens with zero attached hydrogens (tertiary/aromatic N) is 3. The predicted octanol–water partition coefficient (Wildman–Crippen LogP) is 2.53. The summed E-state index contributed by atoms with van der Waals surface area (Å²) in [7, 11) is 4.08. The highest BCUT2D eigenvalue weighted by Crippen LogP contribution is 2.19. The van der Waals surface area contributed by atoms with E-state index in [1.807, 2.05) is 20.3 Å². The van der Waals surface area contributed by atoms with Crippen molar-refractivity contribution in [3.05, 3.63) is 23.3 Å². The lowest BCUT2D eigenvalue weighted by Gasteiger charge is -2.19. The second kappa shape index (κ2) is 4.71. The Hall–Kier alpha value is -0.960. The van der Waals surface area contributed by atoms with Crippen molar-refractivity contribution in [1.29, 1.82) is 0 Å². The Kier molecular flexibility index (Phi) is 3.80. The highest BCUT2D eigenvalue weighted by Gasteiger charge is 2.13. The summed E-state index contributed by atoms with van der Waals surface area (Å²) in [5.41, 5.74) is 2.34. The van der Waals surface area contributed by atoms with Crippen LogP contribution in [0, 0.1) is 6.92 Å². The van der Waals surface area contributed by atoms with Crippen LogP contribution < -0.4 is 0 Å². The van der Waals surface area contributed by atoms with Crippen molar-refractivity contribution in [2.75, 3.05) is 14.1 Å². The topological polar surface area (TPSA) is 29.0 Å². The summed E-state index contributed by atoms with van der Waals surface area (Å²) < 4.78 is 0. The van der Waals surface area contributed by atoms with Crippen molar-refractivity contribution < 1.29 is 0 Å². The van der Waals surface area contributed by atoms with E-state index in [0.29, 0.717) is 5.92 Å². The van der Waals surface area contributed by atoms with E-state index < -0.39 is 0 Å². The number of hydrogen-bond acceptors (Lipinski definition) is 3. The SMILES string of the molecule is Cc1nc([C@@H](C)N(C)C)ncc1C(C)C. The molecule has 0 bridgehead atoms. The molecule has 0 saturated carbocycles. The van der Waals surface area contributed by atoms with Crippen LogP contribution >= 0.6 is 0 Å². The molecule has 1 atom stereocenters. The fourth-order valence-corrected chi connectivity index (χ4v) is 1.49. The molecule has 3 heteroatoms. The molecule has 0 amide bonds. The molecule has 3 nitrogen and oxygen atoms in total. The maximum Gasteiger partial charge on any atom is 0.145 e. The van der Waals surface area contributed by atoms with Gasteiger partial charge in [0.1, 0.15) is 5.82 Å². The van der Waals surface area contributed by atoms with Crippen LogP contribution in [0.1, 0.15) is 49.8 Å². The average molecular weight is 207 g/mol. The van der Waals surface area contributed by atoms with Gasteiger partial charge in [-0.05, 0) is 39.4 Å². The quantitative estimate of drug-likeness (QED) is 0.762. The van der Waals surface area contributed by atoms with Crippen molar-refractivity contribution in [2.24, 2.45) is 0 Å². The van der Waals surface area contributed by atoms with Crippen LogP contribution in [0.4, 0.5) is 0 Å². The molecule has 0 aliphatic rings. The van der Waals surface area contributed by atoms with Gasteiger partial charge in [-0.15, -0.1) is 0 Å². The summed E-state index contributed by atoms with van der Waals surface area (Å²) in [6.45, 7) is 8.51. The van der Waals surface area contributed by atoms with Gasteiger partial charge in [-0.1, -0.05) is 13.8 Å². The molecule has 0 aromatic carbocycles. The van der Waals surface area contributed by atoms with E-state index in [1.54, 1.807) is 0 Å². The van der Waals surface area contributed by atoms with Crippen molar-refractivity contribution in [1.82, 2.24) is 14.9 Å². The third-order valence-corrected chi connectivity index (χ3v) is 2.81. The molecule has 0 fully saturated rings. The maximum atomic E-state index is 4.56. The Balaban J connectivity index is 3.01. The first-order valence-electron chi connectivity index (χ1n) is 5.43. The normalized spacial score (nSPS) is 13.6. The molecule has 0 N–H and O–H groups in total. The number of aryl methyl sites for hydroxylation is 1. The Morgan fingerprint density at radius 2 is 1.80 bits per heavy atom. The molecule has 0 saturated heterocycles. The van der Waals surface area contributed by atoms with Crippen molar-refractivity contribution >= 4 is 0 Å². The van der Waals surface area contributed by atoms with Crippen LogP contribution in [0.5, 0.6) is 0 Å². The van der Waals surface area contributed by atoms with Gasteiger partial charge in [-0.2, -0.15) is 0 Å². The second-order valence-corrected chi connectivity index (χ2v) is 4.56. The Morgan fingerprint density at radius 3 is 2.20 bits per heavy atom. The molecule has 0 spiro atoms. The van der Waals surface area contributed by atoms with E-state index in [4.69, 9.17) is 0 Å². The summed E-state index contributed by atoms with van der Waals surface area (Å²) in [4.78, 5) is 11.1. The van der Waals surface area contributed by atoms with Gasteiger partial charge in [-0.25, -0.2) is 9.97 Å².